The monoisotopic (exact) mass is 480 g/mol. The van der Waals surface area contributed by atoms with E-state index in [0.29, 0.717) is 18.1 Å². The average Bonchev–Trinajstić information content (AvgIpc) is 2.90. The highest BCUT2D eigenvalue weighted by molar-refractivity contribution is 5.94. The van der Waals surface area contributed by atoms with Crippen molar-refractivity contribution in [3.8, 4) is 5.75 Å². The zero-order valence-corrected chi connectivity index (χ0v) is 20.2. The van der Waals surface area contributed by atoms with E-state index in [9.17, 15) is 9.59 Å². The van der Waals surface area contributed by atoms with Crippen molar-refractivity contribution < 1.29 is 19.1 Å². The number of carbonyl (C=O) groups is 2. The molecule has 0 spiro atoms. The van der Waals surface area contributed by atoms with Gasteiger partial charge in [0.1, 0.15) is 12.4 Å². The SMILES string of the molecule is O=C(NC1CCC(C2NNC(=O)C3C=CC=CC32)CC1)c1cccc(OCCN2CCOCC2)c1. The normalized spacial score (nSPS) is 30.9. The third kappa shape index (κ3) is 5.94. The number of hydrogen-bond acceptors (Lipinski definition) is 6. The summed E-state index contributed by atoms with van der Waals surface area (Å²) in [5.41, 5.74) is 6.77. The van der Waals surface area contributed by atoms with Gasteiger partial charge in [-0.3, -0.25) is 19.9 Å². The van der Waals surface area contributed by atoms with Crippen LogP contribution in [0.5, 0.6) is 5.75 Å². The summed E-state index contributed by atoms with van der Waals surface area (Å²) in [5, 5.41) is 3.23. The van der Waals surface area contributed by atoms with Gasteiger partial charge in [0.25, 0.3) is 5.91 Å². The summed E-state index contributed by atoms with van der Waals surface area (Å²) < 4.78 is 11.3. The van der Waals surface area contributed by atoms with Gasteiger partial charge in [-0.15, -0.1) is 0 Å². The van der Waals surface area contributed by atoms with Gasteiger partial charge in [0, 0.05) is 43.2 Å². The Labute approximate surface area is 207 Å². The van der Waals surface area contributed by atoms with Crippen molar-refractivity contribution in [1.29, 1.82) is 0 Å². The first-order valence-corrected chi connectivity index (χ1v) is 12.9. The van der Waals surface area contributed by atoms with Crippen molar-refractivity contribution >= 4 is 11.8 Å². The number of hydrazine groups is 1. The first kappa shape index (κ1) is 24.0. The van der Waals surface area contributed by atoms with Crippen LogP contribution in [0.25, 0.3) is 0 Å². The Hall–Kier alpha value is -2.68. The summed E-state index contributed by atoms with van der Waals surface area (Å²) in [7, 11) is 0. The smallest absolute Gasteiger partial charge is 0.251 e. The second kappa shape index (κ2) is 11.4. The van der Waals surface area contributed by atoms with Crippen LogP contribution in [0.2, 0.25) is 0 Å². The number of rotatable bonds is 7. The van der Waals surface area contributed by atoms with E-state index in [-0.39, 0.29) is 35.7 Å². The molecule has 0 radical (unpaired) electrons. The van der Waals surface area contributed by atoms with Gasteiger partial charge in [0.15, 0.2) is 0 Å². The molecular weight excluding hydrogens is 444 g/mol. The van der Waals surface area contributed by atoms with Crippen molar-refractivity contribution in [1.82, 2.24) is 21.1 Å². The van der Waals surface area contributed by atoms with E-state index in [0.717, 1.165) is 64.3 Å². The Morgan fingerprint density at radius 2 is 1.91 bits per heavy atom. The molecule has 8 heteroatoms. The van der Waals surface area contributed by atoms with E-state index in [1.165, 1.54) is 0 Å². The summed E-state index contributed by atoms with van der Waals surface area (Å²) in [5.74, 6) is 1.29. The molecule has 1 aromatic rings. The molecule has 0 aromatic heterocycles. The second-order valence-electron chi connectivity index (χ2n) is 9.95. The van der Waals surface area contributed by atoms with Crippen molar-refractivity contribution in [2.75, 3.05) is 39.5 Å². The number of nitrogens with one attached hydrogen (secondary N) is 3. The summed E-state index contributed by atoms with van der Waals surface area (Å²) in [4.78, 5) is 27.5. The number of amides is 2. The molecule has 2 saturated heterocycles. The summed E-state index contributed by atoms with van der Waals surface area (Å²) >= 11 is 0. The molecule has 4 aliphatic rings. The van der Waals surface area contributed by atoms with Crippen LogP contribution >= 0.6 is 0 Å². The van der Waals surface area contributed by atoms with Crippen LogP contribution in [-0.4, -0.2) is 68.3 Å². The van der Waals surface area contributed by atoms with Crippen molar-refractivity contribution in [3.05, 3.63) is 54.1 Å². The molecule has 1 aromatic carbocycles. The fourth-order valence-corrected chi connectivity index (χ4v) is 5.73. The molecule has 0 bridgehead atoms. The average molecular weight is 481 g/mol. The molecule has 3 atom stereocenters. The molecule has 3 N–H and O–H groups in total. The zero-order chi connectivity index (χ0) is 24.0. The number of ether oxygens (including phenoxy) is 2. The van der Waals surface area contributed by atoms with E-state index >= 15 is 0 Å². The van der Waals surface area contributed by atoms with Gasteiger partial charge in [-0.25, -0.2) is 5.43 Å². The molecule has 8 nitrogen and oxygen atoms in total. The maximum absolute atomic E-state index is 12.9. The maximum Gasteiger partial charge on any atom is 0.251 e. The molecule has 5 rings (SSSR count). The largest absolute Gasteiger partial charge is 0.492 e. The lowest BCUT2D eigenvalue weighted by Crippen LogP contribution is -2.61. The van der Waals surface area contributed by atoms with Crippen molar-refractivity contribution in [3.63, 3.8) is 0 Å². The number of nitrogens with zero attached hydrogens (tertiary/aromatic N) is 1. The van der Waals surface area contributed by atoms with Crippen LogP contribution in [0.15, 0.2) is 48.6 Å². The van der Waals surface area contributed by atoms with E-state index in [2.05, 4.69) is 27.1 Å². The highest BCUT2D eigenvalue weighted by Crippen LogP contribution is 2.36. The van der Waals surface area contributed by atoms with E-state index in [1.807, 2.05) is 42.5 Å². The van der Waals surface area contributed by atoms with Crippen molar-refractivity contribution in [2.45, 2.75) is 37.8 Å². The van der Waals surface area contributed by atoms with Gasteiger partial charge in [0.05, 0.1) is 19.1 Å². The third-order valence-electron chi connectivity index (χ3n) is 7.75. The molecule has 3 unspecified atom stereocenters. The van der Waals surface area contributed by atoms with Gasteiger partial charge in [0.2, 0.25) is 5.91 Å². The summed E-state index contributed by atoms with van der Waals surface area (Å²) in [6.45, 7) is 4.89. The van der Waals surface area contributed by atoms with Crippen LogP contribution in [-0.2, 0) is 9.53 Å². The number of benzene rings is 1. The minimum Gasteiger partial charge on any atom is -0.492 e. The third-order valence-corrected chi connectivity index (χ3v) is 7.75. The minimum absolute atomic E-state index is 0.0418. The molecule has 1 saturated carbocycles. The Morgan fingerprint density at radius 1 is 1.11 bits per heavy atom. The number of carbonyl (C=O) groups excluding carboxylic acids is 2. The Kier molecular flexibility index (Phi) is 7.81. The van der Waals surface area contributed by atoms with Crippen LogP contribution in [0.1, 0.15) is 36.0 Å². The highest BCUT2D eigenvalue weighted by Gasteiger charge is 2.41. The van der Waals surface area contributed by atoms with E-state index in [1.54, 1.807) is 0 Å². The number of hydrogen-bond donors (Lipinski definition) is 3. The molecule has 3 fully saturated rings. The Bertz CT molecular complexity index is 950. The molecule has 2 amide bonds. The number of fused-ring (bicyclic) bond motifs is 1. The molecule has 35 heavy (non-hydrogen) atoms. The molecule has 2 heterocycles. The molecule has 2 aliphatic heterocycles. The van der Waals surface area contributed by atoms with Crippen LogP contribution < -0.4 is 20.9 Å². The fraction of sp³-hybridized carbons (Fsp3) is 0.556. The predicted octanol–water partition coefficient (Wildman–Crippen LogP) is 2.05. The predicted molar refractivity (Wildman–Crippen MR) is 133 cm³/mol. The van der Waals surface area contributed by atoms with Crippen molar-refractivity contribution in [2.24, 2.45) is 17.8 Å². The molecule has 188 valence electrons. The van der Waals surface area contributed by atoms with Crippen LogP contribution in [0.3, 0.4) is 0 Å². The standard InChI is InChI=1S/C27H36N4O4/c32-26(20-4-3-5-22(18-20)35-17-14-31-12-15-34-16-13-31)28-21-10-8-19(9-11-21)25-23-6-1-2-7-24(23)27(33)30-29-25/h1-7,18-19,21,23-25,29H,8-17H2,(H,28,32)(H,30,33). The molecular formula is C27H36N4O4. The first-order valence-electron chi connectivity index (χ1n) is 12.9. The van der Waals surface area contributed by atoms with Gasteiger partial charge >= 0.3 is 0 Å². The lowest BCUT2D eigenvalue weighted by atomic mass is 9.71. The van der Waals surface area contributed by atoms with Crippen LogP contribution in [0.4, 0.5) is 0 Å². The lowest BCUT2D eigenvalue weighted by molar-refractivity contribution is -0.129. The van der Waals surface area contributed by atoms with Gasteiger partial charge < -0.3 is 14.8 Å². The number of morpholine rings is 1. The first-order chi connectivity index (χ1) is 17.2. The Balaban J connectivity index is 1.09. The fourth-order valence-electron chi connectivity index (χ4n) is 5.73. The lowest BCUT2D eigenvalue weighted by Gasteiger charge is -2.43. The second-order valence-corrected chi connectivity index (χ2v) is 9.95. The van der Waals surface area contributed by atoms with Gasteiger partial charge in [-0.1, -0.05) is 30.4 Å². The van der Waals surface area contributed by atoms with Gasteiger partial charge in [-0.2, -0.15) is 0 Å². The Morgan fingerprint density at radius 3 is 2.74 bits per heavy atom. The topological polar surface area (TPSA) is 91.9 Å². The molecule has 2 aliphatic carbocycles. The quantitative estimate of drug-likeness (QED) is 0.553. The van der Waals surface area contributed by atoms with E-state index < -0.39 is 0 Å². The summed E-state index contributed by atoms with van der Waals surface area (Å²) in [6, 6.07) is 7.84. The van der Waals surface area contributed by atoms with Gasteiger partial charge in [-0.05, 0) is 49.8 Å². The van der Waals surface area contributed by atoms with E-state index in [4.69, 9.17) is 9.47 Å². The zero-order valence-electron chi connectivity index (χ0n) is 20.2. The number of allylic oxidation sites excluding steroid dienone is 2. The maximum atomic E-state index is 12.9. The minimum atomic E-state index is -0.0907. The summed E-state index contributed by atoms with van der Waals surface area (Å²) in [6.07, 6.45) is 12.1. The highest BCUT2D eigenvalue weighted by atomic mass is 16.5. The van der Waals surface area contributed by atoms with Crippen LogP contribution in [0, 0.1) is 17.8 Å².